The second kappa shape index (κ2) is 7.19. The zero-order valence-electron chi connectivity index (χ0n) is 14.2. The summed E-state index contributed by atoms with van der Waals surface area (Å²) in [6, 6.07) is 15.6. The number of benzene rings is 2. The van der Waals surface area contributed by atoms with Crippen LogP contribution >= 0.6 is 0 Å². The van der Waals surface area contributed by atoms with Crippen molar-refractivity contribution in [3.8, 4) is 17.6 Å². The first-order valence-corrected chi connectivity index (χ1v) is 7.77. The fraction of sp³-hybridized carbons (Fsp3) is 0.350. The maximum absolute atomic E-state index is 9.04. The third-order valence-electron chi connectivity index (χ3n) is 3.55. The van der Waals surface area contributed by atoms with E-state index in [1.807, 2.05) is 18.2 Å². The van der Waals surface area contributed by atoms with Crippen molar-refractivity contribution in [3.05, 3.63) is 59.2 Å². The fourth-order valence-electron chi connectivity index (χ4n) is 2.34. The molecule has 0 heterocycles. The predicted molar refractivity (Wildman–Crippen MR) is 92.0 cm³/mol. The predicted octanol–water partition coefficient (Wildman–Crippen LogP) is 4.62. The molecular formula is C20H23NO2. The highest BCUT2D eigenvalue weighted by molar-refractivity contribution is 5.43. The molecule has 0 N–H and O–H groups in total. The molecule has 0 fully saturated rings. The Morgan fingerprint density at radius 3 is 2.26 bits per heavy atom. The summed E-state index contributed by atoms with van der Waals surface area (Å²) in [5.74, 6) is 1.49. The summed E-state index contributed by atoms with van der Waals surface area (Å²) >= 11 is 0. The molecule has 2 rings (SSSR count). The van der Waals surface area contributed by atoms with Crippen LogP contribution in [-0.4, -0.2) is 13.2 Å². The number of hydrogen-bond donors (Lipinski definition) is 0. The van der Waals surface area contributed by atoms with Gasteiger partial charge in [0.1, 0.15) is 30.8 Å². The van der Waals surface area contributed by atoms with Gasteiger partial charge in [-0.05, 0) is 36.1 Å². The average Bonchev–Trinajstić information content (AvgIpc) is 2.52. The number of nitrogens with zero attached hydrogens (tertiary/aromatic N) is 1. The number of rotatable bonds is 5. The monoisotopic (exact) mass is 309 g/mol. The van der Waals surface area contributed by atoms with Gasteiger partial charge in [-0.1, -0.05) is 50.6 Å². The zero-order chi connectivity index (χ0) is 16.9. The van der Waals surface area contributed by atoms with Crippen molar-refractivity contribution < 1.29 is 9.47 Å². The molecule has 0 aliphatic carbocycles. The van der Waals surface area contributed by atoms with Gasteiger partial charge in [0, 0.05) is 0 Å². The highest BCUT2D eigenvalue weighted by atomic mass is 16.5. The molecule has 2 aromatic rings. The number of nitriles is 1. The highest BCUT2D eigenvalue weighted by Gasteiger charge is 2.19. The van der Waals surface area contributed by atoms with Crippen LogP contribution < -0.4 is 9.47 Å². The lowest BCUT2D eigenvalue weighted by molar-refractivity contribution is 0.214. The zero-order valence-corrected chi connectivity index (χ0v) is 14.2. The van der Waals surface area contributed by atoms with E-state index >= 15 is 0 Å². The van der Waals surface area contributed by atoms with Crippen molar-refractivity contribution in [1.29, 1.82) is 5.26 Å². The van der Waals surface area contributed by atoms with Crippen molar-refractivity contribution in [2.75, 3.05) is 13.2 Å². The van der Waals surface area contributed by atoms with Crippen LogP contribution in [0.15, 0.2) is 42.5 Å². The Balaban J connectivity index is 1.99. The molecule has 120 valence electrons. The first-order valence-electron chi connectivity index (χ1n) is 7.77. The van der Waals surface area contributed by atoms with Gasteiger partial charge in [-0.2, -0.15) is 5.26 Å². The van der Waals surface area contributed by atoms with Gasteiger partial charge in [0.25, 0.3) is 0 Å². The number of aryl methyl sites for hydroxylation is 1. The van der Waals surface area contributed by atoms with E-state index in [-0.39, 0.29) is 5.41 Å². The van der Waals surface area contributed by atoms with Crippen LogP contribution in [0.5, 0.6) is 11.5 Å². The van der Waals surface area contributed by atoms with Crippen molar-refractivity contribution in [2.45, 2.75) is 33.1 Å². The van der Waals surface area contributed by atoms with Gasteiger partial charge in [-0.25, -0.2) is 0 Å². The van der Waals surface area contributed by atoms with E-state index in [9.17, 15) is 0 Å². The molecule has 0 saturated heterocycles. The topological polar surface area (TPSA) is 42.2 Å². The van der Waals surface area contributed by atoms with Gasteiger partial charge in [-0.3, -0.25) is 0 Å². The molecular weight excluding hydrogens is 286 g/mol. The maximum Gasteiger partial charge on any atom is 0.137 e. The van der Waals surface area contributed by atoms with E-state index < -0.39 is 0 Å². The molecule has 0 spiro atoms. The molecule has 0 aliphatic rings. The SMILES string of the molecule is Cc1ccc(OCCOc2ccccc2C#N)c(C(C)(C)C)c1. The van der Waals surface area contributed by atoms with E-state index in [0.717, 1.165) is 5.75 Å². The molecule has 0 bridgehead atoms. The number of ether oxygens (including phenoxy) is 2. The van der Waals surface area contributed by atoms with Crippen LogP contribution in [0.25, 0.3) is 0 Å². The van der Waals surface area contributed by atoms with Gasteiger partial charge in [0.15, 0.2) is 0 Å². The first-order chi connectivity index (χ1) is 10.9. The Morgan fingerprint density at radius 2 is 1.61 bits per heavy atom. The number of para-hydroxylation sites is 1. The summed E-state index contributed by atoms with van der Waals surface area (Å²) < 4.78 is 11.6. The lowest BCUT2D eigenvalue weighted by Gasteiger charge is -2.23. The average molecular weight is 309 g/mol. The normalized spacial score (nSPS) is 10.9. The molecule has 0 saturated carbocycles. The summed E-state index contributed by atoms with van der Waals surface area (Å²) in [7, 11) is 0. The van der Waals surface area contributed by atoms with Crippen LogP contribution in [0.2, 0.25) is 0 Å². The quantitative estimate of drug-likeness (QED) is 0.757. The van der Waals surface area contributed by atoms with Crippen molar-refractivity contribution >= 4 is 0 Å². The Labute approximate surface area is 138 Å². The molecule has 0 radical (unpaired) electrons. The summed E-state index contributed by atoms with van der Waals surface area (Å²) in [6.45, 7) is 9.44. The summed E-state index contributed by atoms with van der Waals surface area (Å²) in [4.78, 5) is 0. The molecule has 0 amide bonds. The van der Waals surface area contributed by atoms with Crippen LogP contribution in [0.3, 0.4) is 0 Å². The van der Waals surface area contributed by atoms with Gasteiger partial charge in [-0.15, -0.1) is 0 Å². The minimum absolute atomic E-state index is 0.0234. The fourth-order valence-corrected chi connectivity index (χ4v) is 2.34. The van der Waals surface area contributed by atoms with E-state index in [1.165, 1.54) is 11.1 Å². The largest absolute Gasteiger partial charge is 0.490 e. The third kappa shape index (κ3) is 4.50. The second-order valence-electron chi connectivity index (χ2n) is 6.55. The van der Waals surface area contributed by atoms with Gasteiger partial charge in [0.05, 0.1) is 5.56 Å². The number of hydrogen-bond acceptors (Lipinski definition) is 3. The van der Waals surface area contributed by atoms with Crippen molar-refractivity contribution in [1.82, 2.24) is 0 Å². The Morgan fingerprint density at radius 1 is 0.957 bits per heavy atom. The molecule has 0 aliphatic heterocycles. The van der Waals surface area contributed by atoms with Gasteiger partial charge < -0.3 is 9.47 Å². The highest BCUT2D eigenvalue weighted by Crippen LogP contribution is 2.32. The first kappa shape index (κ1) is 16.9. The van der Waals surface area contributed by atoms with E-state index in [1.54, 1.807) is 12.1 Å². The van der Waals surface area contributed by atoms with Crippen molar-refractivity contribution in [3.63, 3.8) is 0 Å². The smallest absolute Gasteiger partial charge is 0.137 e. The lowest BCUT2D eigenvalue weighted by atomic mass is 9.85. The molecule has 0 unspecified atom stereocenters. The Kier molecular flexibility index (Phi) is 5.28. The molecule has 0 atom stereocenters. The molecule has 0 aromatic heterocycles. The minimum atomic E-state index is 0.0234. The van der Waals surface area contributed by atoms with Crippen molar-refractivity contribution in [2.24, 2.45) is 0 Å². The standard InChI is InChI=1S/C20H23NO2/c1-15-9-10-19(17(13-15)20(2,3)4)23-12-11-22-18-8-6-5-7-16(18)14-21/h5-10,13H,11-12H2,1-4H3. The molecule has 3 nitrogen and oxygen atoms in total. The minimum Gasteiger partial charge on any atom is -0.490 e. The second-order valence-corrected chi connectivity index (χ2v) is 6.55. The maximum atomic E-state index is 9.04. The molecule has 3 heteroatoms. The Bertz CT molecular complexity index is 708. The molecule has 23 heavy (non-hydrogen) atoms. The van der Waals surface area contributed by atoms with E-state index in [2.05, 4.69) is 45.9 Å². The van der Waals surface area contributed by atoms with Crippen LogP contribution in [0, 0.1) is 18.3 Å². The van der Waals surface area contributed by atoms with Crippen LogP contribution in [0.1, 0.15) is 37.5 Å². The summed E-state index contributed by atoms with van der Waals surface area (Å²) in [5, 5.41) is 9.04. The summed E-state index contributed by atoms with van der Waals surface area (Å²) in [5.41, 5.74) is 2.98. The van der Waals surface area contributed by atoms with Gasteiger partial charge in [0.2, 0.25) is 0 Å². The van der Waals surface area contributed by atoms with E-state index in [0.29, 0.717) is 24.5 Å². The summed E-state index contributed by atoms with van der Waals surface area (Å²) in [6.07, 6.45) is 0. The lowest BCUT2D eigenvalue weighted by Crippen LogP contribution is -2.16. The van der Waals surface area contributed by atoms with Crippen LogP contribution in [-0.2, 0) is 5.41 Å². The molecule has 2 aromatic carbocycles. The van der Waals surface area contributed by atoms with E-state index in [4.69, 9.17) is 14.7 Å². The van der Waals surface area contributed by atoms with Crippen LogP contribution in [0.4, 0.5) is 0 Å². The Hall–Kier alpha value is -2.47. The van der Waals surface area contributed by atoms with Gasteiger partial charge >= 0.3 is 0 Å². The third-order valence-corrected chi connectivity index (χ3v) is 3.55.